The lowest BCUT2D eigenvalue weighted by atomic mass is 10.4. The number of sulfonamides is 1. The first-order valence-corrected chi connectivity index (χ1v) is 8.38. The van der Waals surface area contributed by atoms with Gasteiger partial charge in [-0.25, -0.2) is 8.42 Å². The molecule has 0 aliphatic rings. The van der Waals surface area contributed by atoms with Crippen LogP contribution in [0.2, 0.25) is 5.02 Å². The van der Waals surface area contributed by atoms with E-state index < -0.39 is 15.4 Å². The fraction of sp³-hybridized carbons (Fsp3) is 0.455. The van der Waals surface area contributed by atoms with E-state index >= 15 is 0 Å². The van der Waals surface area contributed by atoms with Crippen LogP contribution in [0.25, 0.3) is 0 Å². The van der Waals surface area contributed by atoms with Crippen LogP contribution in [0.1, 0.15) is 0 Å². The Morgan fingerprint density at radius 1 is 1.47 bits per heavy atom. The highest BCUT2D eigenvalue weighted by Crippen LogP contribution is 2.27. The molecule has 4 nitrogen and oxygen atoms in total. The van der Waals surface area contributed by atoms with Gasteiger partial charge in [0.2, 0.25) is 10.0 Å². The number of hydrogen-bond acceptors (Lipinski definition) is 3. The average molecular weight is 391 g/mol. The number of alkyl halides is 1. The quantitative estimate of drug-likeness (QED) is 0.701. The average Bonchev–Trinajstić information content (AvgIpc) is 2.28. The van der Waals surface area contributed by atoms with Crippen LogP contribution in [0.15, 0.2) is 27.6 Å². The summed E-state index contributed by atoms with van der Waals surface area (Å²) in [6.45, 7) is 0.416. The molecule has 0 radical (unpaired) electrons. The van der Waals surface area contributed by atoms with Crippen molar-refractivity contribution in [2.75, 3.05) is 27.3 Å². The molecular formula is C11H14BrCl2NO3S. The van der Waals surface area contributed by atoms with Gasteiger partial charge in [-0.15, -0.1) is 11.6 Å². The summed E-state index contributed by atoms with van der Waals surface area (Å²) in [4.78, 5) is 0.0566. The standard InChI is InChI=1S/C11H14BrCl2NO3S/c1-15(6-9(13)7-18-2)19(16,17)11-4-3-8(12)5-10(11)14/h3-5,9H,6-7H2,1-2H3. The zero-order valence-corrected chi connectivity index (χ0v) is 14.4. The van der Waals surface area contributed by atoms with Crippen molar-refractivity contribution >= 4 is 49.2 Å². The molecule has 1 unspecified atom stereocenters. The van der Waals surface area contributed by atoms with E-state index in [2.05, 4.69) is 15.9 Å². The monoisotopic (exact) mass is 389 g/mol. The lowest BCUT2D eigenvalue weighted by Crippen LogP contribution is -2.34. The maximum atomic E-state index is 12.3. The van der Waals surface area contributed by atoms with Gasteiger partial charge < -0.3 is 4.74 Å². The summed E-state index contributed by atoms with van der Waals surface area (Å²) < 4.78 is 31.4. The molecule has 0 fully saturated rings. The molecule has 1 atom stereocenters. The topological polar surface area (TPSA) is 46.6 Å². The summed E-state index contributed by atoms with van der Waals surface area (Å²) in [5.41, 5.74) is 0. The lowest BCUT2D eigenvalue weighted by molar-refractivity contribution is 0.192. The van der Waals surface area contributed by atoms with Crippen molar-refractivity contribution in [1.29, 1.82) is 0 Å². The van der Waals surface area contributed by atoms with Gasteiger partial charge in [0, 0.05) is 25.2 Å². The zero-order valence-electron chi connectivity index (χ0n) is 10.4. The smallest absolute Gasteiger partial charge is 0.244 e. The van der Waals surface area contributed by atoms with Crippen molar-refractivity contribution in [3.8, 4) is 0 Å². The van der Waals surface area contributed by atoms with Gasteiger partial charge in [-0.3, -0.25) is 0 Å². The molecule has 1 aromatic rings. The molecule has 19 heavy (non-hydrogen) atoms. The van der Waals surface area contributed by atoms with Crippen LogP contribution in [0, 0.1) is 0 Å². The van der Waals surface area contributed by atoms with E-state index in [9.17, 15) is 8.42 Å². The van der Waals surface area contributed by atoms with Gasteiger partial charge in [-0.2, -0.15) is 4.31 Å². The van der Waals surface area contributed by atoms with Crippen LogP contribution < -0.4 is 0 Å². The molecule has 0 saturated heterocycles. The number of ether oxygens (including phenoxy) is 1. The number of rotatable bonds is 6. The predicted molar refractivity (Wildman–Crippen MR) is 80.5 cm³/mol. The maximum absolute atomic E-state index is 12.3. The molecule has 0 aromatic heterocycles. The summed E-state index contributed by atoms with van der Waals surface area (Å²) in [5.74, 6) is 0. The molecule has 0 spiro atoms. The molecular weight excluding hydrogens is 377 g/mol. The first-order chi connectivity index (χ1) is 8.78. The predicted octanol–water partition coefficient (Wildman–Crippen LogP) is 2.98. The Morgan fingerprint density at radius 3 is 2.63 bits per heavy atom. The molecule has 1 aromatic carbocycles. The van der Waals surface area contributed by atoms with Crippen molar-refractivity contribution in [3.05, 3.63) is 27.7 Å². The fourth-order valence-electron chi connectivity index (χ4n) is 1.46. The molecule has 0 N–H and O–H groups in total. The van der Waals surface area contributed by atoms with Crippen molar-refractivity contribution in [2.45, 2.75) is 10.3 Å². The highest BCUT2D eigenvalue weighted by molar-refractivity contribution is 9.10. The first-order valence-electron chi connectivity index (χ1n) is 5.33. The van der Waals surface area contributed by atoms with E-state index in [1.165, 1.54) is 30.6 Å². The number of hydrogen-bond donors (Lipinski definition) is 0. The minimum Gasteiger partial charge on any atom is -0.383 e. The normalized spacial score (nSPS) is 13.8. The van der Waals surface area contributed by atoms with Crippen LogP contribution in [-0.4, -0.2) is 45.4 Å². The van der Waals surface area contributed by atoms with Crippen molar-refractivity contribution < 1.29 is 13.2 Å². The van der Waals surface area contributed by atoms with Crippen LogP contribution in [-0.2, 0) is 14.8 Å². The van der Waals surface area contributed by atoms with Crippen LogP contribution >= 0.6 is 39.1 Å². The fourth-order valence-corrected chi connectivity index (χ4v) is 4.10. The summed E-state index contributed by atoms with van der Waals surface area (Å²) >= 11 is 15.2. The Labute approximate surface area is 131 Å². The third kappa shape index (κ3) is 4.58. The van der Waals surface area contributed by atoms with E-state index in [1.807, 2.05) is 0 Å². The van der Waals surface area contributed by atoms with E-state index in [-0.39, 0.29) is 23.1 Å². The second-order valence-electron chi connectivity index (χ2n) is 3.91. The molecule has 0 saturated carbocycles. The van der Waals surface area contributed by atoms with Gasteiger partial charge in [0.05, 0.1) is 17.0 Å². The Kier molecular flexibility index (Phi) is 6.56. The minimum absolute atomic E-state index is 0.0566. The number of nitrogens with zero attached hydrogens (tertiary/aromatic N) is 1. The minimum atomic E-state index is -3.66. The Morgan fingerprint density at radius 2 is 2.11 bits per heavy atom. The molecule has 0 aliphatic heterocycles. The van der Waals surface area contributed by atoms with Gasteiger partial charge in [-0.05, 0) is 18.2 Å². The highest BCUT2D eigenvalue weighted by atomic mass is 79.9. The van der Waals surface area contributed by atoms with Gasteiger partial charge in [0.1, 0.15) is 4.90 Å². The maximum Gasteiger partial charge on any atom is 0.244 e. The largest absolute Gasteiger partial charge is 0.383 e. The van der Waals surface area contributed by atoms with E-state index in [0.29, 0.717) is 4.47 Å². The summed E-state index contributed by atoms with van der Waals surface area (Å²) in [7, 11) is -0.693. The van der Waals surface area contributed by atoms with E-state index in [4.69, 9.17) is 27.9 Å². The van der Waals surface area contributed by atoms with E-state index in [1.54, 1.807) is 6.07 Å². The second kappa shape index (κ2) is 7.24. The highest BCUT2D eigenvalue weighted by Gasteiger charge is 2.25. The van der Waals surface area contributed by atoms with Crippen molar-refractivity contribution in [2.24, 2.45) is 0 Å². The Hall–Kier alpha value is 0.150. The summed E-state index contributed by atoms with van der Waals surface area (Å²) in [6.07, 6.45) is 0. The first kappa shape index (κ1) is 17.2. The SMILES string of the molecule is COCC(Cl)CN(C)S(=O)(=O)c1ccc(Br)cc1Cl. The van der Waals surface area contributed by atoms with E-state index in [0.717, 1.165) is 0 Å². The van der Waals surface area contributed by atoms with Gasteiger partial charge in [0.15, 0.2) is 0 Å². The molecule has 8 heteroatoms. The van der Waals surface area contributed by atoms with Crippen LogP contribution in [0.3, 0.4) is 0 Å². The molecule has 0 aliphatic carbocycles. The van der Waals surface area contributed by atoms with Crippen LogP contribution in [0.5, 0.6) is 0 Å². The van der Waals surface area contributed by atoms with Crippen molar-refractivity contribution in [3.63, 3.8) is 0 Å². The zero-order chi connectivity index (χ0) is 14.6. The third-order valence-electron chi connectivity index (χ3n) is 2.38. The van der Waals surface area contributed by atoms with Crippen molar-refractivity contribution in [1.82, 2.24) is 4.31 Å². The Bertz CT molecular complexity index is 539. The van der Waals surface area contributed by atoms with Gasteiger partial charge in [-0.1, -0.05) is 27.5 Å². The number of benzene rings is 1. The number of methoxy groups -OCH3 is 1. The Balaban J connectivity index is 2.97. The number of halogens is 3. The summed E-state index contributed by atoms with van der Waals surface area (Å²) in [5, 5.41) is -0.252. The molecule has 0 bridgehead atoms. The third-order valence-corrected chi connectivity index (χ3v) is 5.45. The summed E-state index contributed by atoms with van der Waals surface area (Å²) in [6, 6.07) is 4.62. The lowest BCUT2D eigenvalue weighted by Gasteiger charge is -2.20. The van der Waals surface area contributed by atoms with Gasteiger partial charge >= 0.3 is 0 Å². The second-order valence-corrected chi connectivity index (χ2v) is 7.87. The molecule has 0 heterocycles. The molecule has 108 valence electrons. The van der Waals surface area contributed by atoms with Crippen LogP contribution in [0.4, 0.5) is 0 Å². The molecule has 1 rings (SSSR count). The molecule has 0 amide bonds. The van der Waals surface area contributed by atoms with Gasteiger partial charge in [0.25, 0.3) is 0 Å².